The van der Waals surface area contributed by atoms with E-state index in [4.69, 9.17) is 11.6 Å². The number of anilines is 1. The van der Waals surface area contributed by atoms with E-state index in [0.29, 0.717) is 11.4 Å². The molecule has 19 heavy (non-hydrogen) atoms. The minimum atomic E-state index is -0.570. The molecule has 4 heteroatoms. The SMILES string of the molecule is CN(C)c1cccc(C(O)Cc2ccncc2Cl)c1. The van der Waals surface area contributed by atoms with E-state index in [9.17, 15) is 5.11 Å². The smallest absolute Gasteiger partial charge is 0.0831 e. The van der Waals surface area contributed by atoms with Crippen LogP contribution < -0.4 is 4.90 Å². The fourth-order valence-electron chi connectivity index (χ4n) is 1.91. The summed E-state index contributed by atoms with van der Waals surface area (Å²) in [4.78, 5) is 5.95. The van der Waals surface area contributed by atoms with E-state index < -0.39 is 6.10 Å². The van der Waals surface area contributed by atoms with Gasteiger partial charge in [-0.25, -0.2) is 0 Å². The summed E-state index contributed by atoms with van der Waals surface area (Å²) in [5.41, 5.74) is 2.86. The lowest BCUT2D eigenvalue weighted by Crippen LogP contribution is -2.10. The molecular formula is C15H17ClN2O. The maximum Gasteiger partial charge on any atom is 0.0831 e. The molecule has 0 fully saturated rings. The average molecular weight is 277 g/mol. The monoisotopic (exact) mass is 276 g/mol. The highest BCUT2D eigenvalue weighted by molar-refractivity contribution is 6.31. The zero-order valence-corrected chi connectivity index (χ0v) is 11.8. The van der Waals surface area contributed by atoms with Crippen molar-refractivity contribution in [3.63, 3.8) is 0 Å². The van der Waals surface area contributed by atoms with Gasteiger partial charge in [0.25, 0.3) is 0 Å². The fourth-order valence-corrected chi connectivity index (χ4v) is 2.10. The van der Waals surface area contributed by atoms with Gasteiger partial charge in [-0.15, -0.1) is 0 Å². The van der Waals surface area contributed by atoms with Crippen molar-refractivity contribution in [3.8, 4) is 0 Å². The molecule has 3 nitrogen and oxygen atoms in total. The second kappa shape index (κ2) is 6.04. The standard InChI is InChI=1S/C15H17ClN2O/c1-18(2)13-5-3-4-12(8-13)15(19)9-11-6-7-17-10-14(11)16/h3-8,10,15,19H,9H2,1-2H3. The van der Waals surface area contributed by atoms with Gasteiger partial charge >= 0.3 is 0 Å². The van der Waals surface area contributed by atoms with E-state index >= 15 is 0 Å². The number of halogens is 1. The first kappa shape index (κ1) is 13.8. The van der Waals surface area contributed by atoms with Gasteiger partial charge in [0.05, 0.1) is 11.1 Å². The van der Waals surface area contributed by atoms with Gasteiger partial charge in [-0.3, -0.25) is 4.98 Å². The molecule has 2 rings (SSSR count). The Bertz CT molecular complexity index is 557. The molecule has 0 aliphatic carbocycles. The molecule has 1 aromatic carbocycles. The van der Waals surface area contributed by atoms with Gasteiger partial charge in [0.1, 0.15) is 0 Å². The van der Waals surface area contributed by atoms with Crippen molar-refractivity contribution in [2.75, 3.05) is 19.0 Å². The Morgan fingerprint density at radius 2 is 2.11 bits per heavy atom. The maximum atomic E-state index is 10.3. The quantitative estimate of drug-likeness (QED) is 0.932. The third kappa shape index (κ3) is 3.46. The molecule has 0 amide bonds. The average Bonchev–Trinajstić information content (AvgIpc) is 2.41. The van der Waals surface area contributed by atoms with Crippen LogP contribution in [0.25, 0.3) is 0 Å². The minimum absolute atomic E-state index is 0.484. The fraction of sp³-hybridized carbons (Fsp3) is 0.267. The van der Waals surface area contributed by atoms with Crippen molar-refractivity contribution in [2.45, 2.75) is 12.5 Å². The lowest BCUT2D eigenvalue weighted by atomic mass is 10.0. The highest BCUT2D eigenvalue weighted by atomic mass is 35.5. The zero-order chi connectivity index (χ0) is 13.8. The summed E-state index contributed by atoms with van der Waals surface area (Å²) in [6.07, 6.45) is 3.20. The molecule has 1 N–H and O–H groups in total. The normalized spacial score (nSPS) is 12.2. The van der Waals surface area contributed by atoms with Crippen LogP contribution in [0.3, 0.4) is 0 Å². The van der Waals surface area contributed by atoms with Crippen LogP contribution in [0.4, 0.5) is 5.69 Å². The van der Waals surface area contributed by atoms with Crippen molar-refractivity contribution in [3.05, 3.63) is 58.9 Å². The number of pyridine rings is 1. The first-order chi connectivity index (χ1) is 9.08. The summed E-state index contributed by atoms with van der Waals surface area (Å²) in [5.74, 6) is 0. The van der Waals surface area contributed by atoms with Crippen LogP contribution in [0.5, 0.6) is 0 Å². The lowest BCUT2D eigenvalue weighted by molar-refractivity contribution is 0.178. The van der Waals surface area contributed by atoms with Gasteiger partial charge in [0.15, 0.2) is 0 Å². The predicted octanol–water partition coefficient (Wildman–Crippen LogP) is 3.08. The third-order valence-electron chi connectivity index (χ3n) is 3.04. The van der Waals surface area contributed by atoms with E-state index in [-0.39, 0.29) is 0 Å². The molecular weight excluding hydrogens is 260 g/mol. The molecule has 0 spiro atoms. The van der Waals surface area contributed by atoms with Crippen LogP contribution in [-0.4, -0.2) is 24.2 Å². The largest absolute Gasteiger partial charge is 0.388 e. The summed E-state index contributed by atoms with van der Waals surface area (Å²) in [7, 11) is 3.95. The Hall–Kier alpha value is -1.58. The van der Waals surface area contributed by atoms with Crippen molar-refractivity contribution in [2.24, 2.45) is 0 Å². The van der Waals surface area contributed by atoms with Gasteiger partial charge in [-0.2, -0.15) is 0 Å². The first-order valence-electron chi connectivity index (χ1n) is 6.11. The molecule has 0 bridgehead atoms. The van der Waals surface area contributed by atoms with Crippen molar-refractivity contribution < 1.29 is 5.11 Å². The van der Waals surface area contributed by atoms with Crippen LogP contribution in [0.2, 0.25) is 5.02 Å². The van der Waals surface area contributed by atoms with Gasteiger partial charge in [0.2, 0.25) is 0 Å². The van der Waals surface area contributed by atoms with Gasteiger partial charge < -0.3 is 10.0 Å². The molecule has 1 aromatic heterocycles. The number of hydrogen-bond donors (Lipinski definition) is 1. The maximum absolute atomic E-state index is 10.3. The molecule has 0 aliphatic rings. The Labute approximate surface area is 118 Å². The number of benzene rings is 1. The Morgan fingerprint density at radius 3 is 2.79 bits per heavy atom. The highest BCUT2D eigenvalue weighted by Crippen LogP contribution is 2.25. The molecule has 1 heterocycles. The number of aromatic nitrogens is 1. The highest BCUT2D eigenvalue weighted by Gasteiger charge is 2.11. The first-order valence-corrected chi connectivity index (χ1v) is 6.49. The Kier molecular flexibility index (Phi) is 4.40. The van der Waals surface area contributed by atoms with Crippen molar-refractivity contribution in [1.29, 1.82) is 0 Å². The summed E-state index contributed by atoms with van der Waals surface area (Å²) in [6, 6.07) is 9.70. The van der Waals surface area contributed by atoms with Crippen molar-refractivity contribution in [1.82, 2.24) is 4.98 Å². The van der Waals surface area contributed by atoms with Crippen LogP contribution in [-0.2, 0) is 6.42 Å². The number of aliphatic hydroxyl groups is 1. The summed E-state index contributed by atoms with van der Waals surface area (Å²) in [5, 5.41) is 10.9. The Morgan fingerprint density at radius 1 is 1.32 bits per heavy atom. The van der Waals surface area contributed by atoms with Gasteiger partial charge in [0, 0.05) is 38.6 Å². The molecule has 0 saturated carbocycles. The number of hydrogen-bond acceptors (Lipinski definition) is 3. The molecule has 1 atom stereocenters. The number of nitrogens with zero attached hydrogens (tertiary/aromatic N) is 2. The van der Waals surface area contributed by atoms with Crippen LogP contribution in [0, 0.1) is 0 Å². The van der Waals surface area contributed by atoms with E-state index in [1.165, 1.54) is 0 Å². The van der Waals surface area contributed by atoms with E-state index in [1.807, 2.05) is 49.3 Å². The topological polar surface area (TPSA) is 36.4 Å². The molecule has 1 unspecified atom stereocenters. The number of aliphatic hydroxyl groups excluding tert-OH is 1. The van der Waals surface area contributed by atoms with Crippen LogP contribution >= 0.6 is 11.6 Å². The van der Waals surface area contributed by atoms with E-state index in [0.717, 1.165) is 16.8 Å². The number of rotatable bonds is 4. The molecule has 0 aliphatic heterocycles. The molecule has 2 aromatic rings. The van der Waals surface area contributed by atoms with E-state index in [2.05, 4.69) is 4.98 Å². The minimum Gasteiger partial charge on any atom is -0.388 e. The van der Waals surface area contributed by atoms with Crippen LogP contribution in [0.15, 0.2) is 42.7 Å². The van der Waals surface area contributed by atoms with Crippen molar-refractivity contribution >= 4 is 17.3 Å². The molecule has 0 radical (unpaired) electrons. The second-order valence-corrected chi connectivity index (χ2v) is 5.08. The summed E-state index contributed by atoms with van der Waals surface area (Å²) >= 11 is 6.06. The Balaban J connectivity index is 2.18. The summed E-state index contributed by atoms with van der Waals surface area (Å²) < 4.78 is 0. The summed E-state index contributed by atoms with van der Waals surface area (Å²) in [6.45, 7) is 0. The predicted molar refractivity (Wildman–Crippen MR) is 78.7 cm³/mol. The second-order valence-electron chi connectivity index (χ2n) is 4.68. The van der Waals surface area contributed by atoms with Crippen LogP contribution in [0.1, 0.15) is 17.2 Å². The zero-order valence-electron chi connectivity index (χ0n) is 11.0. The lowest BCUT2D eigenvalue weighted by Gasteiger charge is -2.16. The third-order valence-corrected chi connectivity index (χ3v) is 3.38. The molecule has 100 valence electrons. The molecule has 0 saturated heterocycles. The van der Waals surface area contributed by atoms with Gasteiger partial charge in [-0.1, -0.05) is 23.7 Å². The van der Waals surface area contributed by atoms with Gasteiger partial charge in [-0.05, 0) is 29.3 Å². The van der Waals surface area contributed by atoms with E-state index in [1.54, 1.807) is 12.4 Å².